The van der Waals surface area contributed by atoms with E-state index in [-0.39, 0.29) is 5.69 Å². The summed E-state index contributed by atoms with van der Waals surface area (Å²) in [5, 5.41) is 5.67. The van der Waals surface area contributed by atoms with Crippen LogP contribution in [0.1, 0.15) is 22.2 Å². The molecule has 0 fully saturated rings. The second-order valence-electron chi connectivity index (χ2n) is 5.95. The van der Waals surface area contributed by atoms with E-state index in [9.17, 15) is 4.79 Å². The molecule has 2 aromatic heterocycles. The molecule has 0 spiro atoms. The van der Waals surface area contributed by atoms with E-state index in [2.05, 4.69) is 15.1 Å². The van der Waals surface area contributed by atoms with Gasteiger partial charge in [-0.3, -0.25) is 0 Å². The molecular weight excluding hydrogens is 364 g/mol. The van der Waals surface area contributed by atoms with E-state index >= 15 is 0 Å². The summed E-state index contributed by atoms with van der Waals surface area (Å²) in [6.07, 6.45) is 2.46. The third-order valence-corrected chi connectivity index (χ3v) is 4.37. The Hall–Kier alpha value is -3.25. The summed E-state index contributed by atoms with van der Waals surface area (Å²) >= 11 is 5.97. The second-order valence-corrected chi connectivity index (χ2v) is 6.39. The molecule has 2 heterocycles. The predicted octanol–water partition coefficient (Wildman–Crippen LogP) is 4.08. The Labute approximate surface area is 160 Å². The second kappa shape index (κ2) is 7.55. The summed E-state index contributed by atoms with van der Waals surface area (Å²) in [6, 6.07) is 18.3. The van der Waals surface area contributed by atoms with Crippen LogP contribution < -0.4 is 0 Å². The lowest BCUT2D eigenvalue weighted by atomic mass is 10.1. The Balaban J connectivity index is 1.61. The molecule has 7 heteroatoms. The number of ether oxygens (including phenoxy) is 1. The van der Waals surface area contributed by atoms with Crippen molar-refractivity contribution in [1.82, 2.24) is 19.7 Å². The average Bonchev–Trinajstić information content (AvgIpc) is 3.21. The Morgan fingerprint density at radius 3 is 2.67 bits per heavy atom. The number of carbonyl (C=O) groups excluding carboxylic acids is 1. The highest BCUT2D eigenvalue weighted by Gasteiger charge is 2.20. The van der Waals surface area contributed by atoms with Crippen LogP contribution in [0.4, 0.5) is 0 Å². The third kappa shape index (κ3) is 3.96. The molecule has 0 saturated carbocycles. The SMILES string of the molecule is O=C(O[C@H](Cn1cncn1)c1ccc(Cl)cc1)c1ccc2ccccc2n1. The number of benzene rings is 2. The first-order chi connectivity index (χ1) is 13.2. The number of rotatable bonds is 5. The van der Waals surface area contributed by atoms with Gasteiger partial charge >= 0.3 is 5.97 Å². The van der Waals surface area contributed by atoms with Crippen LogP contribution in [0.5, 0.6) is 0 Å². The highest BCUT2D eigenvalue weighted by Crippen LogP contribution is 2.23. The fraction of sp³-hybridized carbons (Fsp3) is 0.100. The van der Waals surface area contributed by atoms with Gasteiger partial charge in [0.15, 0.2) is 0 Å². The summed E-state index contributed by atoms with van der Waals surface area (Å²) in [6.45, 7) is 0.334. The van der Waals surface area contributed by atoms with Crippen LogP contribution >= 0.6 is 11.6 Å². The minimum Gasteiger partial charge on any atom is -0.451 e. The zero-order valence-corrected chi connectivity index (χ0v) is 15.0. The normalized spacial score (nSPS) is 12.0. The smallest absolute Gasteiger partial charge is 0.357 e. The van der Waals surface area contributed by atoms with Gasteiger partial charge in [0, 0.05) is 10.4 Å². The van der Waals surface area contributed by atoms with Crippen molar-refractivity contribution in [3.63, 3.8) is 0 Å². The number of nitrogens with zero attached hydrogens (tertiary/aromatic N) is 4. The molecule has 0 amide bonds. The lowest BCUT2D eigenvalue weighted by Crippen LogP contribution is -2.18. The van der Waals surface area contributed by atoms with Crippen LogP contribution in [-0.4, -0.2) is 25.7 Å². The van der Waals surface area contributed by atoms with Crippen molar-refractivity contribution in [3.8, 4) is 0 Å². The molecule has 0 aliphatic heterocycles. The third-order valence-electron chi connectivity index (χ3n) is 4.12. The number of esters is 1. The van der Waals surface area contributed by atoms with Crippen molar-refractivity contribution < 1.29 is 9.53 Å². The highest BCUT2D eigenvalue weighted by atomic mass is 35.5. The van der Waals surface area contributed by atoms with Crippen LogP contribution in [0.3, 0.4) is 0 Å². The topological polar surface area (TPSA) is 69.9 Å². The van der Waals surface area contributed by atoms with Crippen LogP contribution in [-0.2, 0) is 11.3 Å². The zero-order valence-electron chi connectivity index (χ0n) is 14.2. The monoisotopic (exact) mass is 378 g/mol. The molecule has 0 aliphatic rings. The van der Waals surface area contributed by atoms with Crippen LogP contribution in [0.25, 0.3) is 10.9 Å². The molecule has 27 heavy (non-hydrogen) atoms. The molecule has 0 radical (unpaired) electrons. The maximum absolute atomic E-state index is 12.7. The maximum atomic E-state index is 12.7. The molecular formula is C20H15ClN4O2. The molecule has 4 aromatic rings. The van der Waals surface area contributed by atoms with E-state index in [0.29, 0.717) is 11.6 Å². The highest BCUT2D eigenvalue weighted by molar-refractivity contribution is 6.30. The first kappa shape index (κ1) is 17.2. The number of halogens is 1. The van der Waals surface area contributed by atoms with Gasteiger partial charge in [-0.15, -0.1) is 0 Å². The summed E-state index contributed by atoms with van der Waals surface area (Å²) in [5.74, 6) is -0.499. The van der Waals surface area contributed by atoms with Crippen molar-refractivity contribution in [2.24, 2.45) is 0 Å². The Kier molecular flexibility index (Phi) is 4.80. The number of hydrogen-bond acceptors (Lipinski definition) is 5. The lowest BCUT2D eigenvalue weighted by Gasteiger charge is -2.18. The van der Waals surface area contributed by atoms with Gasteiger partial charge in [-0.1, -0.05) is 48.0 Å². The van der Waals surface area contributed by atoms with Gasteiger partial charge < -0.3 is 4.74 Å². The number of para-hydroxylation sites is 1. The number of hydrogen-bond donors (Lipinski definition) is 0. The summed E-state index contributed by atoms with van der Waals surface area (Å²) in [4.78, 5) is 21.0. The first-order valence-corrected chi connectivity index (χ1v) is 8.71. The number of fused-ring (bicyclic) bond motifs is 1. The van der Waals surface area contributed by atoms with Crippen molar-refractivity contribution in [3.05, 3.63) is 89.6 Å². The number of carbonyl (C=O) groups is 1. The van der Waals surface area contributed by atoms with E-state index in [0.717, 1.165) is 16.5 Å². The Bertz CT molecular complexity index is 1070. The predicted molar refractivity (Wildman–Crippen MR) is 101 cm³/mol. The van der Waals surface area contributed by atoms with E-state index in [1.807, 2.05) is 42.5 Å². The fourth-order valence-electron chi connectivity index (χ4n) is 2.75. The van der Waals surface area contributed by atoms with Crippen molar-refractivity contribution in [2.75, 3.05) is 0 Å². The molecule has 0 unspecified atom stereocenters. The van der Waals surface area contributed by atoms with Gasteiger partial charge in [0.1, 0.15) is 24.5 Å². The first-order valence-electron chi connectivity index (χ1n) is 8.34. The quantitative estimate of drug-likeness (QED) is 0.489. The molecule has 4 rings (SSSR count). The van der Waals surface area contributed by atoms with Crippen LogP contribution in [0.2, 0.25) is 5.02 Å². The summed E-state index contributed by atoms with van der Waals surface area (Å²) in [5.41, 5.74) is 1.81. The zero-order chi connectivity index (χ0) is 18.6. The average molecular weight is 379 g/mol. The molecule has 6 nitrogen and oxygen atoms in total. The van der Waals surface area contributed by atoms with E-state index in [1.165, 1.54) is 6.33 Å². The number of aromatic nitrogens is 4. The van der Waals surface area contributed by atoms with Gasteiger partial charge in [0.05, 0.1) is 12.1 Å². The molecule has 2 aromatic carbocycles. The van der Waals surface area contributed by atoms with E-state index in [1.54, 1.807) is 29.2 Å². The molecule has 134 valence electrons. The van der Waals surface area contributed by atoms with Crippen LogP contribution in [0.15, 0.2) is 73.3 Å². The van der Waals surface area contributed by atoms with Gasteiger partial charge in [-0.25, -0.2) is 19.4 Å². The van der Waals surface area contributed by atoms with Crippen molar-refractivity contribution in [1.29, 1.82) is 0 Å². The molecule has 0 N–H and O–H groups in total. The molecule has 1 atom stereocenters. The van der Waals surface area contributed by atoms with Crippen molar-refractivity contribution >= 4 is 28.5 Å². The maximum Gasteiger partial charge on any atom is 0.357 e. The number of pyridine rings is 1. The minimum absolute atomic E-state index is 0.256. The standard InChI is InChI=1S/C20H15ClN4O2/c21-16-8-5-15(6-9-16)19(11-25-13-22-12-23-25)27-20(26)18-10-7-14-3-1-2-4-17(14)24-18/h1-10,12-13,19H,11H2/t19-/m1/s1. The van der Waals surface area contributed by atoms with Gasteiger partial charge in [0.25, 0.3) is 0 Å². The summed E-state index contributed by atoms with van der Waals surface area (Å²) in [7, 11) is 0. The van der Waals surface area contributed by atoms with Crippen LogP contribution in [0, 0.1) is 0 Å². The molecule has 0 bridgehead atoms. The minimum atomic E-state index is -0.551. The van der Waals surface area contributed by atoms with Gasteiger partial charge in [-0.2, -0.15) is 5.10 Å². The van der Waals surface area contributed by atoms with E-state index < -0.39 is 12.1 Å². The van der Waals surface area contributed by atoms with Gasteiger partial charge in [-0.05, 0) is 29.8 Å². The Morgan fingerprint density at radius 2 is 1.89 bits per heavy atom. The Morgan fingerprint density at radius 1 is 1.07 bits per heavy atom. The largest absolute Gasteiger partial charge is 0.451 e. The lowest BCUT2D eigenvalue weighted by molar-refractivity contribution is 0.0240. The summed E-state index contributed by atoms with van der Waals surface area (Å²) < 4.78 is 7.36. The molecule has 0 saturated heterocycles. The van der Waals surface area contributed by atoms with E-state index in [4.69, 9.17) is 16.3 Å². The van der Waals surface area contributed by atoms with Gasteiger partial charge in [0.2, 0.25) is 0 Å². The molecule has 0 aliphatic carbocycles. The van der Waals surface area contributed by atoms with Crippen molar-refractivity contribution in [2.45, 2.75) is 12.6 Å². The fourth-order valence-corrected chi connectivity index (χ4v) is 2.88.